The van der Waals surface area contributed by atoms with Crippen LogP contribution in [0.4, 0.5) is 10.3 Å². The van der Waals surface area contributed by atoms with Gasteiger partial charge in [0, 0.05) is 11.9 Å². The van der Waals surface area contributed by atoms with Crippen LogP contribution in [0.1, 0.15) is 22.4 Å². The van der Waals surface area contributed by atoms with Crippen LogP contribution in [0.15, 0.2) is 34.2 Å². The SMILES string of the molecule is Cn1c(N/N=C\c2ccc(F)cc2)nc2sc3c(c2c1=O)CCC3. The lowest BCUT2D eigenvalue weighted by Crippen LogP contribution is -2.21. The van der Waals surface area contributed by atoms with E-state index in [9.17, 15) is 9.18 Å². The van der Waals surface area contributed by atoms with E-state index in [0.717, 1.165) is 35.0 Å². The number of rotatable bonds is 3. The zero-order valence-corrected chi connectivity index (χ0v) is 13.9. The van der Waals surface area contributed by atoms with E-state index >= 15 is 0 Å². The summed E-state index contributed by atoms with van der Waals surface area (Å²) in [4.78, 5) is 19.2. The molecule has 3 aromatic rings. The van der Waals surface area contributed by atoms with Gasteiger partial charge in [0.15, 0.2) is 0 Å². The molecule has 0 saturated carbocycles. The van der Waals surface area contributed by atoms with Crippen molar-refractivity contribution in [2.24, 2.45) is 12.1 Å². The van der Waals surface area contributed by atoms with E-state index in [0.29, 0.717) is 5.95 Å². The fraction of sp³-hybridized carbons (Fsp3) is 0.235. The quantitative estimate of drug-likeness (QED) is 0.588. The maximum Gasteiger partial charge on any atom is 0.263 e. The van der Waals surface area contributed by atoms with Crippen LogP contribution >= 0.6 is 11.3 Å². The predicted octanol–water partition coefficient (Wildman–Crippen LogP) is 3.07. The number of nitrogens with zero attached hydrogens (tertiary/aromatic N) is 3. The molecule has 0 aliphatic heterocycles. The maximum absolute atomic E-state index is 12.9. The first-order chi connectivity index (χ1) is 11.6. The number of aryl methyl sites for hydroxylation is 2. The minimum absolute atomic E-state index is 0.0427. The average Bonchev–Trinajstić information content (AvgIpc) is 3.14. The van der Waals surface area contributed by atoms with Gasteiger partial charge < -0.3 is 0 Å². The molecule has 0 atom stereocenters. The summed E-state index contributed by atoms with van der Waals surface area (Å²) in [6, 6.07) is 5.99. The Morgan fingerprint density at radius 1 is 1.33 bits per heavy atom. The zero-order valence-electron chi connectivity index (χ0n) is 13.0. The lowest BCUT2D eigenvalue weighted by Gasteiger charge is -2.06. The van der Waals surface area contributed by atoms with Crippen molar-refractivity contribution in [1.82, 2.24) is 9.55 Å². The van der Waals surface area contributed by atoms with Crippen molar-refractivity contribution in [3.05, 3.63) is 56.4 Å². The minimum Gasteiger partial charge on any atom is -0.280 e. The second-order valence-corrected chi connectivity index (χ2v) is 6.84. The largest absolute Gasteiger partial charge is 0.280 e. The van der Waals surface area contributed by atoms with E-state index in [-0.39, 0.29) is 11.4 Å². The molecule has 0 bridgehead atoms. The number of nitrogens with one attached hydrogen (secondary N) is 1. The number of benzene rings is 1. The summed E-state index contributed by atoms with van der Waals surface area (Å²) in [6.07, 6.45) is 4.67. The van der Waals surface area contributed by atoms with Gasteiger partial charge in [-0.2, -0.15) is 5.10 Å². The number of hydrazone groups is 1. The first-order valence-corrected chi connectivity index (χ1v) is 8.51. The molecule has 1 N–H and O–H groups in total. The number of hydrogen-bond donors (Lipinski definition) is 1. The van der Waals surface area contributed by atoms with Crippen LogP contribution in [-0.4, -0.2) is 15.8 Å². The Labute approximate surface area is 141 Å². The smallest absolute Gasteiger partial charge is 0.263 e. The van der Waals surface area contributed by atoms with Crippen LogP contribution in [0.3, 0.4) is 0 Å². The van der Waals surface area contributed by atoms with Gasteiger partial charge in [0.25, 0.3) is 5.56 Å². The summed E-state index contributed by atoms with van der Waals surface area (Å²) >= 11 is 1.60. The highest BCUT2D eigenvalue weighted by Gasteiger charge is 2.22. The van der Waals surface area contributed by atoms with Gasteiger partial charge in [0.2, 0.25) is 5.95 Å². The fourth-order valence-electron chi connectivity index (χ4n) is 2.94. The Bertz CT molecular complexity index is 1000. The van der Waals surface area contributed by atoms with Crippen molar-refractivity contribution in [2.45, 2.75) is 19.3 Å². The van der Waals surface area contributed by atoms with Crippen molar-refractivity contribution in [3.63, 3.8) is 0 Å². The first-order valence-electron chi connectivity index (χ1n) is 7.69. The molecule has 0 saturated heterocycles. The molecule has 122 valence electrons. The maximum atomic E-state index is 12.9. The molecule has 1 aromatic carbocycles. The van der Waals surface area contributed by atoms with Crippen molar-refractivity contribution in [1.29, 1.82) is 0 Å². The molecule has 1 aliphatic carbocycles. The molecule has 2 heterocycles. The first kappa shape index (κ1) is 15.0. The highest BCUT2D eigenvalue weighted by molar-refractivity contribution is 7.18. The van der Waals surface area contributed by atoms with Crippen LogP contribution in [-0.2, 0) is 19.9 Å². The summed E-state index contributed by atoms with van der Waals surface area (Å²) in [5.41, 5.74) is 4.69. The van der Waals surface area contributed by atoms with E-state index in [1.54, 1.807) is 36.7 Å². The number of fused-ring (bicyclic) bond motifs is 3. The van der Waals surface area contributed by atoms with E-state index in [2.05, 4.69) is 15.5 Å². The lowest BCUT2D eigenvalue weighted by molar-refractivity contribution is 0.628. The number of halogens is 1. The third-order valence-corrected chi connectivity index (χ3v) is 5.38. The summed E-state index contributed by atoms with van der Waals surface area (Å²) < 4.78 is 14.4. The molecule has 4 rings (SSSR count). The third-order valence-electron chi connectivity index (χ3n) is 4.19. The molecule has 5 nitrogen and oxygen atoms in total. The molecular formula is C17H15FN4OS. The lowest BCUT2D eigenvalue weighted by atomic mass is 10.2. The molecule has 2 aromatic heterocycles. The van der Waals surface area contributed by atoms with E-state index in [1.165, 1.54) is 27.1 Å². The normalized spacial score (nSPS) is 13.8. The molecule has 0 radical (unpaired) electrons. The van der Waals surface area contributed by atoms with Gasteiger partial charge in [0.1, 0.15) is 10.6 Å². The molecule has 7 heteroatoms. The number of anilines is 1. The molecule has 24 heavy (non-hydrogen) atoms. The van der Waals surface area contributed by atoms with Crippen LogP contribution in [0.25, 0.3) is 10.2 Å². The summed E-state index contributed by atoms with van der Waals surface area (Å²) in [6.45, 7) is 0. The number of aromatic nitrogens is 2. The fourth-order valence-corrected chi connectivity index (χ4v) is 4.19. The van der Waals surface area contributed by atoms with Gasteiger partial charge in [-0.15, -0.1) is 11.3 Å². The minimum atomic E-state index is -0.291. The standard InChI is InChI=1S/C17H15FN4OS/c1-22-16(23)14-12-3-2-4-13(12)24-15(14)20-17(22)21-19-9-10-5-7-11(18)8-6-10/h5-9H,2-4H2,1H3,(H,20,21)/b19-9-. The topological polar surface area (TPSA) is 59.3 Å². The second kappa shape index (κ2) is 5.83. The Kier molecular flexibility index (Phi) is 3.65. The monoisotopic (exact) mass is 342 g/mol. The van der Waals surface area contributed by atoms with Crippen molar-refractivity contribution >= 4 is 33.7 Å². The van der Waals surface area contributed by atoms with Crippen LogP contribution in [0, 0.1) is 5.82 Å². The van der Waals surface area contributed by atoms with Gasteiger partial charge >= 0.3 is 0 Å². The van der Waals surface area contributed by atoms with Crippen molar-refractivity contribution < 1.29 is 4.39 Å². The number of hydrogen-bond acceptors (Lipinski definition) is 5. The van der Waals surface area contributed by atoms with Gasteiger partial charge in [-0.25, -0.2) is 14.8 Å². The van der Waals surface area contributed by atoms with Crippen LogP contribution < -0.4 is 11.0 Å². The molecular weight excluding hydrogens is 327 g/mol. The van der Waals surface area contributed by atoms with E-state index < -0.39 is 0 Å². The summed E-state index contributed by atoms with van der Waals surface area (Å²) in [5, 5.41) is 4.85. The molecule has 0 amide bonds. The van der Waals surface area contributed by atoms with E-state index in [4.69, 9.17) is 0 Å². The van der Waals surface area contributed by atoms with Gasteiger partial charge in [-0.05, 0) is 42.5 Å². The Balaban J connectivity index is 1.66. The van der Waals surface area contributed by atoms with Gasteiger partial charge in [-0.1, -0.05) is 12.1 Å². The van der Waals surface area contributed by atoms with Crippen molar-refractivity contribution in [3.8, 4) is 0 Å². The summed E-state index contributed by atoms with van der Waals surface area (Å²) in [5.74, 6) is 0.103. The average molecular weight is 342 g/mol. The predicted molar refractivity (Wildman–Crippen MR) is 94.5 cm³/mol. The molecule has 1 aliphatic rings. The van der Waals surface area contributed by atoms with E-state index in [1.807, 2.05) is 0 Å². The highest BCUT2D eigenvalue weighted by atomic mass is 32.1. The molecule has 0 fully saturated rings. The summed E-state index contributed by atoms with van der Waals surface area (Å²) in [7, 11) is 1.68. The molecule has 0 spiro atoms. The zero-order chi connectivity index (χ0) is 16.7. The Hall–Kier alpha value is -2.54. The van der Waals surface area contributed by atoms with Crippen LogP contribution in [0.5, 0.6) is 0 Å². The van der Waals surface area contributed by atoms with Gasteiger partial charge in [0.05, 0.1) is 11.6 Å². The number of thiophene rings is 1. The second-order valence-electron chi connectivity index (χ2n) is 5.76. The highest BCUT2D eigenvalue weighted by Crippen LogP contribution is 2.34. The Morgan fingerprint density at radius 3 is 2.92 bits per heavy atom. The Morgan fingerprint density at radius 2 is 2.12 bits per heavy atom. The van der Waals surface area contributed by atoms with Gasteiger partial charge in [-0.3, -0.25) is 9.36 Å². The third kappa shape index (κ3) is 2.50. The van der Waals surface area contributed by atoms with Crippen molar-refractivity contribution in [2.75, 3.05) is 5.43 Å². The molecule has 0 unspecified atom stereocenters. The van der Waals surface area contributed by atoms with Crippen LogP contribution in [0.2, 0.25) is 0 Å².